The van der Waals surface area contributed by atoms with Gasteiger partial charge in [0.2, 0.25) is 5.91 Å². The van der Waals surface area contributed by atoms with Crippen LogP contribution in [0.15, 0.2) is 60.7 Å². The number of nitrogens with zero attached hydrogens (tertiary/aromatic N) is 6. The van der Waals surface area contributed by atoms with Gasteiger partial charge in [0.15, 0.2) is 5.82 Å². The lowest BCUT2D eigenvalue weighted by molar-refractivity contribution is -0.131. The number of rotatable bonds is 8. The average molecular weight is 577 g/mol. The molecule has 0 atom stereocenters. The van der Waals surface area contributed by atoms with Gasteiger partial charge in [0, 0.05) is 63.5 Å². The Kier molecular flexibility index (Phi) is 9.82. The highest BCUT2D eigenvalue weighted by Gasteiger charge is 2.26. The van der Waals surface area contributed by atoms with Crippen molar-refractivity contribution in [2.45, 2.75) is 13.3 Å². The number of benzene rings is 2. The van der Waals surface area contributed by atoms with Crippen LogP contribution in [0.1, 0.15) is 22.3 Å². The zero-order chi connectivity index (χ0) is 28.6. The van der Waals surface area contributed by atoms with Gasteiger partial charge in [-0.1, -0.05) is 48.0 Å². The third-order valence-corrected chi connectivity index (χ3v) is 8.08. The van der Waals surface area contributed by atoms with Gasteiger partial charge < -0.3 is 19.4 Å². The largest absolute Gasteiger partial charge is 0.379 e. The molecule has 2 amide bonds. The van der Waals surface area contributed by atoms with Crippen LogP contribution in [0.5, 0.6) is 0 Å². The fourth-order valence-electron chi connectivity index (χ4n) is 5.29. The Morgan fingerprint density at radius 1 is 0.902 bits per heavy atom. The van der Waals surface area contributed by atoms with E-state index in [2.05, 4.69) is 20.0 Å². The van der Waals surface area contributed by atoms with E-state index >= 15 is 0 Å². The van der Waals surface area contributed by atoms with Crippen LogP contribution in [0.3, 0.4) is 0 Å². The van der Waals surface area contributed by atoms with Crippen molar-refractivity contribution >= 4 is 29.2 Å². The maximum atomic E-state index is 13.6. The smallest absolute Gasteiger partial charge is 0.254 e. The normalized spacial score (nSPS) is 16.3. The molecule has 2 fully saturated rings. The fourth-order valence-corrected chi connectivity index (χ4v) is 5.52. The molecule has 41 heavy (non-hydrogen) atoms. The molecular weight excluding hydrogens is 540 g/mol. The van der Waals surface area contributed by atoms with E-state index in [9.17, 15) is 9.59 Å². The van der Waals surface area contributed by atoms with E-state index in [1.54, 1.807) is 4.90 Å². The van der Waals surface area contributed by atoms with Gasteiger partial charge in [-0.15, -0.1) is 10.2 Å². The van der Waals surface area contributed by atoms with Gasteiger partial charge in [-0.3, -0.25) is 14.5 Å². The number of carbonyl (C=O) groups excluding carboxylic acids is 2. The molecule has 2 aliphatic rings. The van der Waals surface area contributed by atoms with Crippen molar-refractivity contribution in [1.29, 1.82) is 0 Å². The minimum atomic E-state index is -0.102. The molecule has 9 nitrogen and oxygen atoms in total. The molecule has 1 aromatic heterocycles. The minimum Gasteiger partial charge on any atom is -0.379 e. The van der Waals surface area contributed by atoms with Crippen LogP contribution in [0.2, 0.25) is 5.02 Å². The molecule has 10 heteroatoms. The van der Waals surface area contributed by atoms with Crippen LogP contribution in [0, 0.1) is 6.92 Å². The molecule has 0 saturated carbocycles. The van der Waals surface area contributed by atoms with Crippen LogP contribution < -0.4 is 4.90 Å². The van der Waals surface area contributed by atoms with Gasteiger partial charge in [0.25, 0.3) is 5.91 Å². The van der Waals surface area contributed by atoms with Crippen molar-refractivity contribution in [2.24, 2.45) is 0 Å². The summed E-state index contributed by atoms with van der Waals surface area (Å²) < 4.78 is 5.47. The lowest BCUT2D eigenvalue weighted by Crippen LogP contribution is -2.48. The predicted octanol–water partition coefficient (Wildman–Crippen LogP) is 3.62. The van der Waals surface area contributed by atoms with E-state index in [4.69, 9.17) is 16.3 Å². The summed E-state index contributed by atoms with van der Waals surface area (Å²) in [7, 11) is 0. The standard InChI is InChI=1S/C31H37ClN6O3/c1-24-7-2-3-8-25(24)31(40)38(16-15-35-19-21-41-22-20-35)23-30(39)37-14-6-13-36(17-18-37)29-12-11-28(33-34-29)26-9-4-5-10-27(26)32/h2-5,7-12H,6,13-23H2,1H3. The maximum Gasteiger partial charge on any atom is 0.254 e. The van der Waals surface area contributed by atoms with Crippen LogP contribution in [-0.2, 0) is 9.53 Å². The Hall–Kier alpha value is -3.53. The van der Waals surface area contributed by atoms with Crippen molar-refractivity contribution in [2.75, 3.05) is 77.0 Å². The Labute approximate surface area is 246 Å². The van der Waals surface area contributed by atoms with Gasteiger partial charge in [-0.25, -0.2) is 0 Å². The molecule has 0 unspecified atom stereocenters. The molecule has 2 aromatic carbocycles. The third kappa shape index (κ3) is 7.41. The van der Waals surface area contributed by atoms with Gasteiger partial charge in [-0.05, 0) is 43.2 Å². The van der Waals surface area contributed by atoms with Crippen LogP contribution in [-0.4, -0.2) is 109 Å². The summed E-state index contributed by atoms with van der Waals surface area (Å²) in [6.07, 6.45) is 0.805. The second-order valence-electron chi connectivity index (χ2n) is 10.5. The molecule has 0 radical (unpaired) electrons. The number of ether oxygens (including phenoxy) is 1. The summed E-state index contributed by atoms with van der Waals surface area (Å²) in [5, 5.41) is 9.51. The highest BCUT2D eigenvalue weighted by molar-refractivity contribution is 6.33. The van der Waals surface area contributed by atoms with Crippen LogP contribution in [0.4, 0.5) is 5.82 Å². The van der Waals surface area contributed by atoms with E-state index in [1.807, 2.05) is 72.5 Å². The first-order chi connectivity index (χ1) is 20.0. The van der Waals surface area contributed by atoms with Crippen molar-refractivity contribution in [3.8, 4) is 11.3 Å². The number of anilines is 1. The van der Waals surface area contributed by atoms with E-state index in [0.29, 0.717) is 56.5 Å². The van der Waals surface area contributed by atoms with E-state index < -0.39 is 0 Å². The number of morpholine rings is 1. The Balaban J connectivity index is 1.22. The molecule has 0 bridgehead atoms. The number of hydrogen-bond donors (Lipinski definition) is 0. The van der Waals surface area contributed by atoms with Crippen LogP contribution in [0.25, 0.3) is 11.3 Å². The zero-order valence-corrected chi connectivity index (χ0v) is 24.3. The molecular formula is C31H37ClN6O3. The first kappa shape index (κ1) is 29.0. The van der Waals surface area contributed by atoms with Crippen molar-refractivity contribution in [3.05, 3.63) is 76.8 Å². The highest BCUT2D eigenvalue weighted by atomic mass is 35.5. The molecule has 2 saturated heterocycles. The Bertz CT molecular complexity index is 1330. The van der Waals surface area contributed by atoms with Crippen molar-refractivity contribution in [3.63, 3.8) is 0 Å². The first-order valence-electron chi connectivity index (χ1n) is 14.3. The second kappa shape index (κ2) is 13.9. The molecule has 3 heterocycles. The summed E-state index contributed by atoms with van der Waals surface area (Å²) in [6, 6.07) is 19.0. The molecule has 216 valence electrons. The summed E-state index contributed by atoms with van der Waals surface area (Å²) in [4.78, 5) is 35.2. The number of aryl methyl sites for hydroxylation is 1. The van der Waals surface area contributed by atoms with Crippen molar-refractivity contribution < 1.29 is 14.3 Å². The number of halogens is 1. The fraction of sp³-hybridized carbons (Fsp3) is 0.419. The summed E-state index contributed by atoms with van der Waals surface area (Å²) >= 11 is 6.32. The summed E-state index contributed by atoms with van der Waals surface area (Å²) in [5.41, 5.74) is 3.12. The number of amides is 2. The SMILES string of the molecule is Cc1ccccc1C(=O)N(CCN1CCOCC1)CC(=O)N1CCCN(c2ccc(-c3ccccc3Cl)nn2)CC1. The number of hydrogen-bond acceptors (Lipinski definition) is 7. The molecule has 0 spiro atoms. The Morgan fingerprint density at radius 2 is 1.68 bits per heavy atom. The summed E-state index contributed by atoms with van der Waals surface area (Å²) in [5.74, 6) is 0.642. The van der Waals surface area contributed by atoms with Gasteiger partial charge in [0.1, 0.15) is 6.54 Å². The van der Waals surface area contributed by atoms with E-state index in [0.717, 1.165) is 48.7 Å². The first-order valence-corrected chi connectivity index (χ1v) is 14.6. The minimum absolute atomic E-state index is 0.0316. The van der Waals surface area contributed by atoms with Crippen molar-refractivity contribution in [1.82, 2.24) is 24.9 Å². The van der Waals surface area contributed by atoms with E-state index in [1.165, 1.54) is 0 Å². The zero-order valence-electron chi connectivity index (χ0n) is 23.5. The van der Waals surface area contributed by atoms with Crippen LogP contribution >= 0.6 is 11.6 Å². The number of carbonyl (C=O) groups is 2. The van der Waals surface area contributed by atoms with Gasteiger partial charge in [-0.2, -0.15) is 0 Å². The summed E-state index contributed by atoms with van der Waals surface area (Å²) in [6.45, 7) is 8.87. The van der Waals surface area contributed by atoms with E-state index in [-0.39, 0.29) is 18.4 Å². The lowest BCUT2D eigenvalue weighted by Gasteiger charge is -2.31. The van der Waals surface area contributed by atoms with Gasteiger partial charge in [0.05, 0.1) is 23.9 Å². The molecule has 3 aromatic rings. The number of aromatic nitrogens is 2. The average Bonchev–Trinajstić information content (AvgIpc) is 3.27. The quantitative estimate of drug-likeness (QED) is 0.405. The monoisotopic (exact) mass is 576 g/mol. The molecule has 2 aliphatic heterocycles. The molecule has 5 rings (SSSR count). The predicted molar refractivity (Wildman–Crippen MR) is 160 cm³/mol. The lowest BCUT2D eigenvalue weighted by atomic mass is 10.1. The molecule has 0 N–H and O–H groups in total. The molecule has 0 aliphatic carbocycles. The Morgan fingerprint density at radius 3 is 2.44 bits per heavy atom. The highest BCUT2D eigenvalue weighted by Crippen LogP contribution is 2.26. The topological polar surface area (TPSA) is 82.1 Å². The van der Waals surface area contributed by atoms with Gasteiger partial charge >= 0.3 is 0 Å². The third-order valence-electron chi connectivity index (χ3n) is 7.75. The maximum absolute atomic E-state index is 13.6. The second-order valence-corrected chi connectivity index (χ2v) is 10.9.